The predicted molar refractivity (Wildman–Crippen MR) is 57.2 cm³/mol. The molecule has 0 spiro atoms. The van der Waals surface area contributed by atoms with Gasteiger partial charge in [0.25, 0.3) is 0 Å². The smallest absolute Gasteiger partial charge is 0.198 e. The maximum atomic E-state index is 13.4. The molecule has 0 fully saturated rings. The van der Waals surface area contributed by atoms with Crippen molar-refractivity contribution in [1.29, 1.82) is 0 Å². The van der Waals surface area contributed by atoms with E-state index in [9.17, 15) is 13.2 Å². The third-order valence-electron chi connectivity index (χ3n) is 2.07. The molecular weight excluding hydrogens is 231 g/mol. The molecule has 0 atom stereocenters. The molecule has 0 aliphatic heterocycles. The number of hydrogen-bond donors (Lipinski definition) is 1. The second-order valence-electron chi connectivity index (χ2n) is 3.35. The van der Waals surface area contributed by atoms with Gasteiger partial charge in [0, 0.05) is 17.8 Å². The summed E-state index contributed by atoms with van der Waals surface area (Å²) in [6.07, 6.45) is 0. The predicted octanol–water partition coefficient (Wildman–Crippen LogP) is 3.48. The molecule has 0 aliphatic rings. The van der Waals surface area contributed by atoms with Crippen LogP contribution in [0.4, 0.5) is 18.9 Å². The summed E-state index contributed by atoms with van der Waals surface area (Å²) in [5, 5.41) is 0. The maximum absolute atomic E-state index is 13.4. The first kappa shape index (κ1) is 11.3. The van der Waals surface area contributed by atoms with Gasteiger partial charge < -0.3 is 10.5 Å². The number of benzene rings is 2. The molecule has 0 heterocycles. The number of para-hydroxylation sites is 1. The van der Waals surface area contributed by atoms with Crippen LogP contribution in [-0.2, 0) is 0 Å². The summed E-state index contributed by atoms with van der Waals surface area (Å²) in [5.74, 6) is -3.60. The Kier molecular flexibility index (Phi) is 2.91. The molecule has 0 unspecified atom stereocenters. The second-order valence-corrected chi connectivity index (χ2v) is 3.35. The number of nitrogen functional groups attached to an aromatic ring is 1. The van der Waals surface area contributed by atoms with Gasteiger partial charge in [-0.15, -0.1) is 0 Å². The van der Waals surface area contributed by atoms with Gasteiger partial charge in [-0.3, -0.25) is 0 Å². The van der Waals surface area contributed by atoms with Crippen LogP contribution in [0.5, 0.6) is 11.5 Å². The molecular formula is C12H8F3NO. The lowest BCUT2D eigenvalue weighted by Gasteiger charge is -2.09. The highest BCUT2D eigenvalue weighted by molar-refractivity contribution is 5.45. The number of anilines is 1. The fourth-order valence-corrected chi connectivity index (χ4v) is 1.31. The molecule has 0 bridgehead atoms. The topological polar surface area (TPSA) is 35.2 Å². The van der Waals surface area contributed by atoms with Crippen molar-refractivity contribution in [2.45, 2.75) is 0 Å². The molecule has 0 aromatic heterocycles. The number of rotatable bonds is 2. The Labute approximate surface area is 95.4 Å². The van der Waals surface area contributed by atoms with Gasteiger partial charge in [-0.25, -0.2) is 13.2 Å². The number of ether oxygens (including phenoxy) is 1. The zero-order valence-electron chi connectivity index (χ0n) is 8.58. The quantitative estimate of drug-likeness (QED) is 0.814. The fourth-order valence-electron chi connectivity index (χ4n) is 1.31. The number of hydrogen-bond acceptors (Lipinski definition) is 2. The van der Waals surface area contributed by atoms with Crippen LogP contribution in [-0.4, -0.2) is 0 Å². The Morgan fingerprint density at radius 3 is 2.06 bits per heavy atom. The van der Waals surface area contributed by atoms with E-state index in [1.165, 1.54) is 18.2 Å². The molecule has 2 aromatic carbocycles. The summed E-state index contributed by atoms with van der Waals surface area (Å²) >= 11 is 0. The van der Waals surface area contributed by atoms with E-state index in [2.05, 4.69) is 0 Å². The van der Waals surface area contributed by atoms with Gasteiger partial charge >= 0.3 is 0 Å². The average molecular weight is 239 g/mol. The first-order chi connectivity index (χ1) is 8.08. The fraction of sp³-hybridized carbons (Fsp3) is 0. The summed E-state index contributed by atoms with van der Waals surface area (Å²) in [5.41, 5.74) is 5.17. The normalized spacial score (nSPS) is 10.3. The highest BCUT2D eigenvalue weighted by Gasteiger charge is 2.14. The lowest BCUT2D eigenvalue weighted by molar-refractivity contribution is 0.388. The van der Waals surface area contributed by atoms with Gasteiger partial charge in [-0.05, 0) is 12.1 Å². The molecule has 2 nitrogen and oxygen atoms in total. The van der Waals surface area contributed by atoms with Gasteiger partial charge in [0.05, 0.1) is 0 Å². The molecule has 88 valence electrons. The standard InChI is InChI=1S/C12H8F3NO/c13-8-3-1-2-4-11(8)17-12-9(14)5-7(16)6-10(12)15/h1-6H,16H2. The van der Waals surface area contributed by atoms with E-state index in [0.29, 0.717) is 0 Å². The van der Waals surface area contributed by atoms with Crippen molar-refractivity contribution in [3.05, 3.63) is 53.8 Å². The number of halogens is 3. The van der Waals surface area contributed by atoms with Crippen LogP contribution in [0.2, 0.25) is 0 Å². The molecule has 2 aromatic rings. The average Bonchev–Trinajstić information content (AvgIpc) is 2.25. The summed E-state index contributed by atoms with van der Waals surface area (Å²) in [4.78, 5) is 0. The van der Waals surface area contributed by atoms with Gasteiger partial charge in [-0.1, -0.05) is 12.1 Å². The molecule has 2 rings (SSSR count). The van der Waals surface area contributed by atoms with Gasteiger partial charge in [0.1, 0.15) is 0 Å². The Balaban J connectivity index is 2.40. The third-order valence-corrected chi connectivity index (χ3v) is 2.07. The molecule has 2 N–H and O–H groups in total. The van der Waals surface area contributed by atoms with Crippen molar-refractivity contribution < 1.29 is 17.9 Å². The van der Waals surface area contributed by atoms with Crippen molar-refractivity contribution in [3.8, 4) is 11.5 Å². The highest BCUT2D eigenvalue weighted by atomic mass is 19.1. The molecule has 17 heavy (non-hydrogen) atoms. The van der Waals surface area contributed by atoms with E-state index in [0.717, 1.165) is 18.2 Å². The van der Waals surface area contributed by atoms with Crippen LogP contribution < -0.4 is 10.5 Å². The van der Waals surface area contributed by atoms with E-state index < -0.39 is 23.2 Å². The van der Waals surface area contributed by atoms with E-state index >= 15 is 0 Å². The monoisotopic (exact) mass is 239 g/mol. The molecule has 0 amide bonds. The van der Waals surface area contributed by atoms with Crippen LogP contribution >= 0.6 is 0 Å². The van der Waals surface area contributed by atoms with Crippen LogP contribution in [0.3, 0.4) is 0 Å². The molecule has 0 aliphatic carbocycles. The van der Waals surface area contributed by atoms with Crippen molar-refractivity contribution in [1.82, 2.24) is 0 Å². The minimum absolute atomic E-state index is 0.0686. The minimum atomic E-state index is -0.981. The van der Waals surface area contributed by atoms with Crippen LogP contribution in [0.15, 0.2) is 36.4 Å². The summed E-state index contributed by atoms with van der Waals surface area (Å²) in [7, 11) is 0. The molecule has 0 saturated carbocycles. The van der Waals surface area contributed by atoms with Gasteiger partial charge in [-0.2, -0.15) is 0 Å². The molecule has 5 heteroatoms. The Morgan fingerprint density at radius 2 is 1.47 bits per heavy atom. The lowest BCUT2D eigenvalue weighted by Crippen LogP contribution is -1.97. The summed E-state index contributed by atoms with van der Waals surface area (Å²) < 4.78 is 44.8. The van der Waals surface area contributed by atoms with Gasteiger partial charge in [0.2, 0.25) is 0 Å². The van der Waals surface area contributed by atoms with Crippen LogP contribution in [0, 0.1) is 17.5 Å². The van der Waals surface area contributed by atoms with E-state index in [4.69, 9.17) is 10.5 Å². The van der Waals surface area contributed by atoms with Crippen molar-refractivity contribution in [3.63, 3.8) is 0 Å². The lowest BCUT2D eigenvalue weighted by atomic mass is 10.2. The Bertz CT molecular complexity index is 534. The first-order valence-corrected chi connectivity index (χ1v) is 4.75. The van der Waals surface area contributed by atoms with Crippen molar-refractivity contribution in [2.75, 3.05) is 5.73 Å². The highest BCUT2D eigenvalue weighted by Crippen LogP contribution is 2.30. The zero-order valence-corrected chi connectivity index (χ0v) is 8.58. The minimum Gasteiger partial charge on any atom is -0.448 e. The first-order valence-electron chi connectivity index (χ1n) is 4.75. The summed E-state index contributed by atoms with van der Waals surface area (Å²) in [6.45, 7) is 0. The van der Waals surface area contributed by atoms with Gasteiger partial charge in [0.15, 0.2) is 29.0 Å². The molecule has 0 saturated heterocycles. The van der Waals surface area contributed by atoms with Crippen molar-refractivity contribution in [2.24, 2.45) is 0 Å². The second kappa shape index (κ2) is 4.37. The van der Waals surface area contributed by atoms with E-state index in [-0.39, 0.29) is 11.4 Å². The van der Waals surface area contributed by atoms with E-state index in [1.807, 2.05) is 0 Å². The summed E-state index contributed by atoms with van der Waals surface area (Å²) in [6, 6.07) is 7.13. The number of nitrogens with two attached hydrogens (primary N) is 1. The zero-order chi connectivity index (χ0) is 12.4. The Hall–Kier alpha value is -2.17. The maximum Gasteiger partial charge on any atom is 0.198 e. The Morgan fingerprint density at radius 1 is 0.882 bits per heavy atom. The third kappa shape index (κ3) is 2.33. The molecule has 0 radical (unpaired) electrons. The largest absolute Gasteiger partial charge is 0.448 e. The van der Waals surface area contributed by atoms with Crippen LogP contribution in [0.1, 0.15) is 0 Å². The van der Waals surface area contributed by atoms with Crippen LogP contribution in [0.25, 0.3) is 0 Å². The van der Waals surface area contributed by atoms with Crippen molar-refractivity contribution >= 4 is 5.69 Å². The van der Waals surface area contributed by atoms with E-state index in [1.54, 1.807) is 0 Å². The SMILES string of the molecule is Nc1cc(F)c(Oc2ccccc2F)c(F)c1.